The van der Waals surface area contributed by atoms with E-state index in [-0.39, 0.29) is 23.2 Å². The van der Waals surface area contributed by atoms with Gasteiger partial charge < -0.3 is 15.2 Å². The molecule has 1 unspecified atom stereocenters. The molecule has 2 N–H and O–H groups in total. The van der Waals surface area contributed by atoms with Crippen LogP contribution in [0.4, 0.5) is 15.2 Å². The monoisotopic (exact) mass is 452 g/mol. The van der Waals surface area contributed by atoms with E-state index in [4.69, 9.17) is 0 Å². The Labute approximate surface area is 189 Å². The molecule has 3 aromatic heterocycles. The second-order valence-corrected chi connectivity index (χ2v) is 9.81. The summed E-state index contributed by atoms with van der Waals surface area (Å²) in [5.74, 6) is -0.625. The highest BCUT2D eigenvalue weighted by atomic mass is 32.1. The summed E-state index contributed by atoms with van der Waals surface area (Å²) >= 11 is 1.36. The van der Waals surface area contributed by atoms with Crippen LogP contribution in [0, 0.1) is 5.82 Å². The van der Waals surface area contributed by atoms with Crippen molar-refractivity contribution in [1.29, 1.82) is 0 Å². The van der Waals surface area contributed by atoms with Crippen molar-refractivity contribution in [3.05, 3.63) is 64.9 Å². The van der Waals surface area contributed by atoms with E-state index < -0.39 is 0 Å². The summed E-state index contributed by atoms with van der Waals surface area (Å²) in [6.45, 7) is 8.11. The van der Waals surface area contributed by atoms with Gasteiger partial charge in [0.25, 0.3) is 5.91 Å². The fraction of sp³-hybridized carbons (Fsp3) is 0.304. The number of carbonyl (C=O) groups is 1. The van der Waals surface area contributed by atoms with Crippen LogP contribution in [-0.2, 0) is 12.5 Å². The second kappa shape index (κ2) is 8.31. The summed E-state index contributed by atoms with van der Waals surface area (Å²) in [7, 11) is 1.87. The summed E-state index contributed by atoms with van der Waals surface area (Å²) in [5, 5.41) is 6.57. The number of hydrogen-bond acceptors (Lipinski definition) is 6. The zero-order valence-corrected chi connectivity index (χ0v) is 19.4. The van der Waals surface area contributed by atoms with Crippen molar-refractivity contribution in [3.8, 4) is 0 Å². The molecular weight excluding hydrogens is 427 g/mol. The minimum Gasteiger partial charge on any atom is -0.343 e. The van der Waals surface area contributed by atoms with Gasteiger partial charge in [0.1, 0.15) is 17.0 Å². The molecule has 0 aliphatic carbocycles. The summed E-state index contributed by atoms with van der Waals surface area (Å²) in [5.41, 5.74) is 3.20. The lowest BCUT2D eigenvalue weighted by atomic mass is 9.87. The average Bonchev–Trinajstić information content (AvgIpc) is 3.35. The average molecular weight is 453 g/mol. The van der Waals surface area contributed by atoms with Gasteiger partial charge in [-0.1, -0.05) is 38.2 Å². The van der Waals surface area contributed by atoms with Gasteiger partial charge in [-0.15, -0.1) is 0 Å². The van der Waals surface area contributed by atoms with Crippen molar-refractivity contribution in [1.82, 2.24) is 24.8 Å². The molecule has 4 rings (SSSR count). The van der Waals surface area contributed by atoms with Gasteiger partial charge in [0, 0.05) is 18.1 Å². The number of anilines is 2. The predicted molar refractivity (Wildman–Crippen MR) is 125 cm³/mol. The highest BCUT2D eigenvalue weighted by Crippen LogP contribution is 2.31. The van der Waals surface area contributed by atoms with Crippen LogP contribution >= 0.6 is 11.3 Å². The van der Waals surface area contributed by atoms with Gasteiger partial charge in [0.05, 0.1) is 29.8 Å². The number of fused-ring (bicyclic) bond motifs is 1. The lowest BCUT2D eigenvalue weighted by Gasteiger charge is -2.20. The molecule has 1 aromatic carbocycles. The molecule has 0 aliphatic rings. The number of carbonyl (C=O) groups excluding carboxylic acids is 1. The number of benzene rings is 1. The van der Waals surface area contributed by atoms with Crippen LogP contribution in [0.5, 0.6) is 0 Å². The molecule has 0 saturated carbocycles. The summed E-state index contributed by atoms with van der Waals surface area (Å²) < 4.78 is 16.2. The number of aromatic nitrogens is 4. The van der Waals surface area contributed by atoms with E-state index in [0.717, 1.165) is 21.5 Å². The zero-order chi connectivity index (χ0) is 23.0. The number of hydrogen-bond donors (Lipinski definition) is 2. The number of pyridine rings is 1. The maximum atomic E-state index is 14.3. The van der Waals surface area contributed by atoms with Crippen LogP contribution in [0.15, 0.2) is 43.0 Å². The molecular formula is C23H25FN6OS. The van der Waals surface area contributed by atoms with Gasteiger partial charge in [-0.2, -0.15) is 0 Å². The van der Waals surface area contributed by atoms with Crippen molar-refractivity contribution < 1.29 is 9.18 Å². The van der Waals surface area contributed by atoms with Crippen molar-refractivity contribution >= 4 is 39.1 Å². The first-order valence-electron chi connectivity index (χ1n) is 10.2. The minimum atomic E-state index is -0.340. The van der Waals surface area contributed by atoms with Crippen LogP contribution in [0.1, 0.15) is 54.7 Å². The fourth-order valence-electron chi connectivity index (χ4n) is 3.24. The number of nitrogens with one attached hydrogen (secondary N) is 2. The topological polar surface area (TPSA) is 84.7 Å². The molecule has 3 heterocycles. The molecule has 0 bridgehead atoms. The molecule has 0 spiro atoms. The van der Waals surface area contributed by atoms with Crippen molar-refractivity contribution in [2.75, 3.05) is 5.32 Å². The standard InChI is InChI=1S/C23H25FN6OS/c1-13(28-21(31)17-9-19-18(10-25-17)27-12-30(19)5)20-11-26-22(32-20)29-16-8-14(23(2,3)4)6-7-15(16)24/h6-13H,1-5H3,(H,26,29)(H,28,31). The maximum Gasteiger partial charge on any atom is 0.270 e. The summed E-state index contributed by atoms with van der Waals surface area (Å²) in [6.07, 6.45) is 4.95. The van der Waals surface area contributed by atoms with Crippen LogP contribution < -0.4 is 10.6 Å². The number of aryl methyl sites for hydroxylation is 1. The highest BCUT2D eigenvalue weighted by molar-refractivity contribution is 7.15. The van der Waals surface area contributed by atoms with Gasteiger partial charge in [-0.05, 0) is 36.1 Å². The first-order valence-corrected chi connectivity index (χ1v) is 11.0. The molecule has 32 heavy (non-hydrogen) atoms. The molecule has 0 aliphatic heterocycles. The molecule has 1 amide bonds. The number of amides is 1. The van der Waals surface area contributed by atoms with E-state index in [1.165, 1.54) is 17.4 Å². The van der Waals surface area contributed by atoms with E-state index in [1.807, 2.05) is 24.6 Å². The number of imidazole rings is 1. The van der Waals surface area contributed by atoms with Gasteiger partial charge in [0.15, 0.2) is 5.13 Å². The first-order chi connectivity index (χ1) is 15.1. The molecule has 0 fully saturated rings. The molecule has 0 saturated heterocycles. The molecule has 9 heteroatoms. The van der Waals surface area contributed by atoms with E-state index in [2.05, 4.69) is 46.4 Å². The van der Waals surface area contributed by atoms with E-state index in [9.17, 15) is 9.18 Å². The molecule has 166 valence electrons. The zero-order valence-electron chi connectivity index (χ0n) is 18.6. The summed E-state index contributed by atoms with van der Waals surface area (Å²) in [4.78, 5) is 26.3. The smallest absolute Gasteiger partial charge is 0.270 e. The van der Waals surface area contributed by atoms with E-state index >= 15 is 0 Å². The molecule has 0 radical (unpaired) electrons. The van der Waals surface area contributed by atoms with Gasteiger partial charge in [-0.3, -0.25) is 4.79 Å². The Balaban J connectivity index is 1.47. The maximum absolute atomic E-state index is 14.3. The Morgan fingerprint density at radius 2 is 1.94 bits per heavy atom. The number of rotatable bonds is 5. The van der Waals surface area contributed by atoms with Crippen LogP contribution in [0.2, 0.25) is 0 Å². The largest absolute Gasteiger partial charge is 0.343 e. The normalized spacial score (nSPS) is 12.7. The first kappa shape index (κ1) is 21.9. The van der Waals surface area contributed by atoms with E-state index in [0.29, 0.717) is 16.5 Å². The second-order valence-electron chi connectivity index (χ2n) is 8.75. The highest BCUT2D eigenvalue weighted by Gasteiger charge is 2.18. The number of halogens is 1. The van der Waals surface area contributed by atoms with Gasteiger partial charge in [-0.25, -0.2) is 19.3 Å². The fourth-order valence-corrected chi connectivity index (χ4v) is 4.07. The number of nitrogens with zero attached hydrogens (tertiary/aromatic N) is 4. The lowest BCUT2D eigenvalue weighted by molar-refractivity contribution is 0.0935. The van der Waals surface area contributed by atoms with Crippen molar-refractivity contribution in [2.24, 2.45) is 7.05 Å². The lowest BCUT2D eigenvalue weighted by Crippen LogP contribution is -2.26. The Morgan fingerprint density at radius 3 is 2.69 bits per heavy atom. The third-order valence-electron chi connectivity index (χ3n) is 5.22. The predicted octanol–water partition coefficient (Wildman–Crippen LogP) is 5.10. The summed E-state index contributed by atoms with van der Waals surface area (Å²) in [6, 6.07) is 6.50. The molecule has 7 nitrogen and oxygen atoms in total. The van der Waals surface area contributed by atoms with E-state index in [1.54, 1.807) is 30.9 Å². The third kappa shape index (κ3) is 4.47. The van der Waals surface area contributed by atoms with Crippen LogP contribution in [0.25, 0.3) is 11.0 Å². The van der Waals surface area contributed by atoms with Gasteiger partial charge >= 0.3 is 0 Å². The Kier molecular flexibility index (Phi) is 5.68. The Hall–Kier alpha value is -3.33. The van der Waals surface area contributed by atoms with Crippen LogP contribution in [-0.4, -0.2) is 25.4 Å². The Morgan fingerprint density at radius 1 is 1.16 bits per heavy atom. The Bertz CT molecular complexity index is 1290. The third-order valence-corrected chi connectivity index (χ3v) is 6.31. The van der Waals surface area contributed by atoms with Crippen LogP contribution in [0.3, 0.4) is 0 Å². The minimum absolute atomic E-state index is 0.0938. The SMILES string of the molecule is CC(NC(=O)c1cc2c(cn1)ncn2C)c1cnc(Nc2cc(C(C)(C)C)ccc2F)s1. The van der Waals surface area contributed by atoms with Gasteiger partial charge in [0.2, 0.25) is 0 Å². The quantitative estimate of drug-likeness (QED) is 0.440. The molecule has 4 aromatic rings. The van der Waals surface area contributed by atoms with Crippen molar-refractivity contribution in [3.63, 3.8) is 0 Å². The molecule has 1 atom stereocenters. The number of thiazole rings is 1. The van der Waals surface area contributed by atoms with Crippen molar-refractivity contribution in [2.45, 2.75) is 39.2 Å².